The molecule has 8 nitrogen and oxygen atoms in total. The maximum Gasteiger partial charge on any atom is 0.293 e. The van der Waals surface area contributed by atoms with Gasteiger partial charge in [0.25, 0.3) is 5.91 Å². The molecule has 0 radical (unpaired) electrons. The van der Waals surface area contributed by atoms with Crippen molar-refractivity contribution < 1.29 is 17.6 Å². The summed E-state index contributed by atoms with van der Waals surface area (Å²) in [4.78, 5) is 18.5. The Balaban J connectivity index is 1.83. The summed E-state index contributed by atoms with van der Waals surface area (Å²) in [6, 6.07) is 11.3. The van der Waals surface area contributed by atoms with Crippen LogP contribution in [0.1, 0.15) is 35.0 Å². The van der Waals surface area contributed by atoms with Gasteiger partial charge in [0, 0.05) is 7.05 Å². The predicted octanol–water partition coefficient (Wildman–Crippen LogP) is 2.20. The van der Waals surface area contributed by atoms with Gasteiger partial charge in [-0.1, -0.05) is 12.1 Å². The summed E-state index contributed by atoms with van der Waals surface area (Å²) < 4.78 is 37.4. The number of hydrogen-bond acceptors (Lipinski definition) is 5. The first kappa shape index (κ1) is 20.6. The highest BCUT2D eigenvalue weighted by atomic mass is 32.2. The van der Waals surface area contributed by atoms with Gasteiger partial charge in [-0.25, -0.2) is 27.6 Å². The van der Waals surface area contributed by atoms with Crippen LogP contribution < -0.4 is 5.14 Å². The van der Waals surface area contributed by atoms with E-state index in [0.29, 0.717) is 11.5 Å². The fraction of sp³-hybridized carbons (Fsp3) is 0.211. The highest BCUT2D eigenvalue weighted by Crippen LogP contribution is 2.22. The van der Waals surface area contributed by atoms with Gasteiger partial charge >= 0.3 is 0 Å². The minimum atomic E-state index is -3.78. The lowest BCUT2D eigenvalue weighted by molar-refractivity contribution is 0.0730. The van der Waals surface area contributed by atoms with Crippen LogP contribution in [-0.2, 0) is 10.0 Å². The zero-order chi connectivity index (χ0) is 21.3. The third kappa shape index (κ3) is 4.33. The first-order valence-corrected chi connectivity index (χ1v) is 10.2. The van der Waals surface area contributed by atoms with Crippen LogP contribution in [0.25, 0.3) is 5.69 Å². The maximum atomic E-state index is 13.1. The molecule has 3 rings (SSSR count). The quantitative estimate of drug-likeness (QED) is 0.684. The maximum absolute atomic E-state index is 13.1. The Morgan fingerprint density at radius 1 is 1.14 bits per heavy atom. The molecular weight excluding hydrogens is 397 g/mol. The highest BCUT2D eigenvalue weighted by Gasteiger charge is 2.24. The van der Waals surface area contributed by atoms with Gasteiger partial charge in [-0.05, 0) is 55.8 Å². The lowest BCUT2D eigenvalue weighted by atomic mass is 10.1. The molecule has 0 aliphatic heterocycles. The molecule has 1 amide bonds. The van der Waals surface area contributed by atoms with Crippen LogP contribution in [0, 0.1) is 12.7 Å². The van der Waals surface area contributed by atoms with Crippen molar-refractivity contribution in [2.24, 2.45) is 5.14 Å². The summed E-state index contributed by atoms with van der Waals surface area (Å²) in [6.07, 6.45) is 0. The molecule has 1 atom stereocenters. The average Bonchev–Trinajstić information content (AvgIpc) is 3.08. The molecule has 1 aromatic heterocycles. The van der Waals surface area contributed by atoms with Crippen LogP contribution in [0.2, 0.25) is 0 Å². The number of halogens is 1. The number of sulfonamides is 1. The van der Waals surface area contributed by atoms with Gasteiger partial charge in [-0.3, -0.25) is 4.79 Å². The Bertz CT molecular complexity index is 1140. The molecule has 0 spiro atoms. The number of benzene rings is 2. The lowest BCUT2D eigenvalue weighted by Crippen LogP contribution is -2.30. The number of aryl methyl sites for hydroxylation is 1. The first-order valence-electron chi connectivity index (χ1n) is 8.67. The van der Waals surface area contributed by atoms with Crippen LogP contribution in [0.3, 0.4) is 0 Å². The number of rotatable bonds is 5. The Labute approximate surface area is 167 Å². The zero-order valence-corrected chi connectivity index (χ0v) is 16.9. The van der Waals surface area contributed by atoms with E-state index in [-0.39, 0.29) is 22.6 Å². The van der Waals surface area contributed by atoms with E-state index in [1.165, 1.54) is 33.8 Å². The fourth-order valence-corrected chi connectivity index (χ4v) is 3.32. The van der Waals surface area contributed by atoms with E-state index in [1.807, 2.05) is 0 Å². The summed E-state index contributed by atoms with van der Waals surface area (Å²) in [5.74, 6) is -0.289. The van der Waals surface area contributed by atoms with Gasteiger partial charge in [0.15, 0.2) is 0 Å². The van der Waals surface area contributed by atoms with Crippen molar-refractivity contribution in [2.45, 2.75) is 24.8 Å². The van der Waals surface area contributed by atoms with Crippen LogP contribution in [0.4, 0.5) is 4.39 Å². The normalized spacial score (nSPS) is 12.6. The molecule has 2 N–H and O–H groups in total. The largest absolute Gasteiger partial charge is 0.332 e. The van der Waals surface area contributed by atoms with Gasteiger partial charge in [0.05, 0.1) is 16.6 Å². The van der Waals surface area contributed by atoms with E-state index in [4.69, 9.17) is 5.14 Å². The molecule has 0 fully saturated rings. The highest BCUT2D eigenvalue weighted by molar-refractivity contribution is 7.89. The van der Waals surface area contributed by atoms with E-state index in [2.05, 4.69) is 10.1 Å². The average molecular weight is 417 g/mol. The van der Waals surface area contributed by atoms with Gasteiger partial charge in [-0.15, -0.1) is 5.10 Å². The molecule has 10 heteroatoms. The summed E-state index contributed by atoms with van der Waals surface area (Å²) in [5.41, 5.74) is 1.31. The van der Waals surface area contributed by atoms with Crippen LogP contribution in [0.5, 0.6) is 0 Å². The van der Waals surface area contributed by atoms with E-state index in [1.54, 1.807) is 45.2 Å². The first-order chi connectivity index (χ1) is 13.6. The number of carbonyl (C=O) groups excluding carboxylic acids is 1. The zero-order valence-electron chi connectivity index (χ0n) is 16.1. The van der Waals surface area contributed by atoms with Crippen molar-refractivity contribution in [1.29, 1.82) is 0 Å². The standard InChI is InChI=1S/C19H20FN5O3S/c1-12(14-4-10-17(11-5-14)29(21,27)28)24(3)19(26)18-22-13(2)25(23-18)16-8-6-15(20)7-9-16/h4-12H,1-3H3,(H2,21,27,28)/t12-/m1/s1. The molecule has 152 valence electrons. The molecular formula is C19H20FN5O3S. The predicted molar refractivity (Wildman–Crippen MR) is 104 cm³/mol. The number of primary sulfonamides is 1. The number of nitrogens with two attached hydrogens (primary N) is 1. The minimum absolute atomic E-state index is 0.00207. The van der Waals surface area contributed by atoms with E-state index >= 15 is 0 Å². The van der Waals surface area contributed by atoms with Crippen molar-refractivity contribution in [3.05, 3.63) is 71.6 Å². The molecule has 0 bridgehead atoms. The van der Waals surface area contributed by atoms with Gasteiger partial charge < -0.3 is 4.90 Å². The van der Waals surface area contributed by atoms with E-state index in [9.17, 15) is 17.6 Å². The molecule has 3 aromatic rings. The van der Waals surface area contributed by atoms with Crippen molar-refractivity contribution in [1.82, 2.24) is 19.7 Å². The monoisotopic (exact) mass is 417 g/mol. The number of aromatic nitrogens is 3. The van der Waals surface area contributed by atoms with Gasteiger partial charge in [0.1, 0.15) is 11.6 Å². The van der Waals surface area contributed by atoms with Crippen LogP contribution >= 0.6 is 0 Å². The summed E-state index contributed by atoms with van der Waals surface area (Å²) in [6.45, 7) is 3.50. The van der Waals surface area contributed by atoms with Crippen LogP contribution in [-0.4, -0.2) is 41.0 Å². The molecule has 0 aliphatic carbocycles. The van der Waals surface area contributed by atoms with Gasteiger partial charge in [0.2, 0.25) is 15.8 Å². The number of hydrogen-bond donors (Lipinski definition) is 1. The molecule has 0 saturated heterocycles. The second kappa shape index (κ2) is 7.72. The molecule has 2 aromatic carbocycles. The van der Waals surface area contributed by atoms with E-state index in [0.717, 1.165) is 5.56 Å². The molecule has 1 heterocycles. The Hall–Kier alpha value is -3.11. The van der Waals surface area contributed by atoms with Crippen LogP contribution in [0.15, 0.2) is 53.4 Å². The minimum Gasteiger partial charge on any atom is -0.332 e. The third-order valence-corrected chi connectivity index (χ3v) is 5.55. The van der Waals surface area contributed by atoms with Crippen molar-refractivity contribution in [3.8, 4) is 5.69 Å². The summed E-state index contributed by atoms with van der Waals surface area (Å²) >= 11 is 0. The van der Waals surface area contributed by atoms with E-state index < -0.39 is 15.9 Å². The topological polar surface area (TPSA) is 111 Å². The van der Waals surface area contributed by atoms with Gasteiger partial charge in [-0.2, -0.15) is 0 Å². The third-order valence-electron chi connectivity index (χ3n) is 4.62. The Morgan fingerprint density at radius 2 is 1.72 bits per heavy atom. The SMILES string of the molecule is Cc1nc(C(=O)N(C)[C@H](C)c2ccc(S(N)(=O)=O)cc2)nn1-c1ccc(F)cc1. The molecule has 0 aliphatic rings. The lowest BCUT2D eigenvalue weighted by Gasteiger charge is -2.24. The second-order valence-corrected chi connectivity index (χ2v) is 8.14. The fourth-order valence-electron chi connectivity index (χ4n) is 2.80. The smallest absolute Gasteiger partial charge is 0.293 e. The van der Waals surface area contributed by atoms with Crippen molar-refractivity contribution in [3.63, 3.8) is 0 Å². The summed E-state index contributed by atoms with van der Waals surface area (Å²) in [7, 11) is -2.18. The Morgan fingerprint density at radius 3 is 2.28 bits per heavy atom. The van der Waals surface area contributed by atoms with Crippen molar-refractivity contribution in [2.75, 3.05) is 7.05 Å². The number of amides is 1. The number of carbonyl (C=O) groups is 1. The second-order valence-electron chi connectivity index (χ2n) is 6.58. The summed E-state index contributed by atoms with van der Waals surface area (Å²) in [5, 5.41) is 9.36. The molecule has 29 heavy (non-hydrogen) atoms. The Kier molecular flexibility index (Phi) is 5.49. The molecule has 0 saturated carbocycles. The number of nitrogens with zero attached hydrogens (tertiary/aromatic N) is 4. The van der Waals surface area contributed by atoms with Crippen molar-refractivity contribution >= 4 is 15.9 Å². The molecule has 0 unspecified atom stereocenters.